The molecular weight excluding hydrogens is 260 g/mol. The van der Waals surface area contributed by atoms with E-state index in [1.54, 1.807) is 0 Å². The standard InChI is InChI=1S/C8H10O3.C7H12O2/c1-2-7(9)11-8(3-4-8)6-5-10-6;1-3-5-6-9-7(8)4-2/h2,6H,1,3-5H2;4H,2-3,5-6H2,1H3. The van der Waals surface area contributed by atoms with Gasteiger partial charge in [-0.05, 0) is 19.3 Å². The third-order valence-corrected chi connectivity index (χ3v) is 3.04. The largest absolute Gasteiger partial charge is 0.463 e. The summed E-state index contributed by atoms with van der Waals surface area (Å²) >= 11 is 0. The molecule has 112 valence electrons. The molecule has 2 aliphatic rings. The molecule has 1 aliphatic heterocycles. The van der Waals surface area contributed by atoms with E-state index in [0.717, 1.165) is 32.3 Å². The number of rotatable bonds is 7. The summed E-state index contributed by atoms with van der Waals surface area (Å²) in [5, 5.41) is 0. The predicted octanol–water partition coefficient (Wildman–Crippen LogP) is 2.16. The highest BCUT2D eigenvalue weighted by molar-refractivity contribution is 5.82. The zero-order valence-electron chi connectivity index (χ0n) is 11.9. The highest BCUT2D eigenvalue weighted by atomic mass is 16.6. The monoisotopic (exact) mass is 282 g/mol. The third-order valence-electron chi connectivity index (χ3n) is 3.04. The number of hydrogen-bond acceptors (Lipinski definition) is 5. The molecular formula is C15H22O5. The van der Waals surface area contributed by atoms with Crippen molar-refractivity contribution in [2.45, 2.75) is 44.3 Å². The van der Waals surface area contributed by atoms with E-state index < -0.39 is 0 Å². The minimum atomic E-state index is -0.335. The molecule has 0 radical (unpaired) electrons. The van der Waals surface area contributed by atoms with Gasteiger partial charge in [0.05, 0.1) is 13.2 Å². The molecule has 1 saturated heterocycles. The maximum Gasteiger partial charge on any atom is 0.330 e. The lowest BCUT2D eigenvalue weighted by atomic mass is 10.2. The Bertz CT molecular complexity index is 366. The molecule has 0 amide bonds. The molecule has 1 saturated carbocycles. The van der Waals surface area contributed by atoms with E-state index in [1.807, 2.05) is 6.92 Å². The fraction of sp³-hybridized carbons (Fsp3) is 0.600. The van der Waals surface area contributed by atoms with Crippen LogP contribution in [0.1, 0.15) is 32.6 Å². The number of esters is 2. The Balaban J connectivity index is 0.000000206. The van der Waals surface area contributed by atoms with Crippen LogP contribution in [0.5, 0.6) is 0 Å². The van der Waals surface area contributed by atoms with Gasteiger partial charge >= 0.3 is 11.9 Å². The molecule has 2 rings (SSSR count). The van der Waals surface area contributed by atoms with Gasteiger partial charge in [-0.1, -0.05) is 26.5 Å². The van der Waals surface area contributed by atoms with Gasteiger partial charge in [0.25, 0.3) is 0 Å². The molecule has 0 N–H and O–H groups in total. The molecule has 0 spiro atoms. The quantitative estimate of drug-likeness (QED) is 0.310. The Hall–Kier alpha value is -1.62. The van der Waals surface area contributed by atoms with Gasteiger partial charge in [-0.25, -0.2) is 9.59 Å². The molecule has 0 bridgehead atoms. The van der Waals surface area contributed by atoms with Crippen molar-refractivity contribution in [2.75, 3.05) is 13.2 Å². The van der Waals surface area contributed by atoms with Crippen molar-refractivity contribution in [1.29, 1.82) is 0 Å². The van der Waals surface area contributed by atoms with Crippen LogP contribution in [0.15, 0.2) is 25.3 Å². The van der Waals surface area contributed by atoms with Crippen molar-refractivity contribution in [3.8, 4) is 0 Å². The van der Waals surface area contributed by atoms with E-state index in [2.05, 4.69) is 17.9 Å². The van der Waals surface area contributed by atoms with Gasteiger partial charge in [-0.2, -0.15) is 0 Å². The zero-order valence-corrected chi connectivity index (χ0v) is 11.9. The Morgan fingerprint density at radius 1 is 1.30 bits per heavy atom. The van der Waals surface area contributed by atoms with Crippen molar-refractivity contribution in [3.05, 3.63) is 25.3 Å². The Kier molecular flexibility index (Phi) is 6.45. The topological polar surface area (TPSA) is 65.1 Å². The van der Waals surface area contributed by atoms with Crippen molar-refractivity contribution >= 4 is 11.9 Å². The van der Waals surface area contributed by atoms with Crippen LogP contribution in [-0.4, -0.2) is 36.9 Å². The molecule has 20 heavy (non-hydrogen) atoms. The Morgan fingerprint density at radius 3 is 2.30 bits per heavy atom. The molecule has 1 atom stereocenters. The SMILES string of the molecule is C=CC(=O)OC1(C2CO2)CC1.C=CC(=O)OCCCC. The van der Waals surface area contributed by atoms with Crippen LogP contribution in [0.4, 0.5) is 0 Å². The molecule has 5 nitrogen and oxygen atoms in total. The van der Waals surface area contributed by atoms with Gasteiger partial charge in [0.2, 0.25) is 0 Å². The summed E-state index contributed by atoms with van der Waals surface area (Å²) in [6.45, 7) is 9.90. The molecule has 0 aromatic carbocycles. The van der Waals surface area contributed by atoms with Gasteiger partial charge in [0.15, 0.2) is 0 Å². The second kappa shape index (κ2) is 7.85. The molecule has 5 heteroatoms. The Labute approximate surface area is 119 Å². The van der Waals surface area contributed by atoms with E-state index in [0.29, 0.717) is 6.61 Å². The van der Waals surface area contributed by atoms with Gasteiger partial charge in [0, 0.05) is 12.2 Å². The molecule has 0 aromatic rings. The van der Waals surface area contributed by atoms with E-state index in [1.165, 1.54) is 12.2 Å². The molecule has 2 fully saturated rings. The number of unbranched alkanes of at least 4 members (excludes halogenated alkanes) is 1. The maximum atomic E-state index is 10.8. The summed E-state index contributed by atoms with van der Waals surface area (Å²) in [5.74, 6) is -0.665. The number of hydrogen-bond donors (Lipinski definition) is 0. The molecule has 1 aliphatic carbocycles. The highest BCUT2D eigenvalue weighted by Gasteiger charge is 2.59. The first kappa shape index (κ1) is 16.4. The first-order chi connectivity index (χ1) is 9.57. The van der Waals surface area contributed by atoms with Crippen molar-refractivity contribution in [3.63, 3.8) is 0 Å². The summed E-state index contributed by atoms with van der Waals surface area (Å²) in [5.41, 5.74) is -0.259. The van der Waals surface area contributed by atoms with Crippen molar-refractivity contribution in [2.24, 2.45) is 0 Å². The van der Waals surface area contributed by atoms with Crippen LogP contribution >= 0.6 is 0 Å². The number of ether oxygens (including phenoxy) is 3. The lowest BCUT2D eigenvalue weighted by Crippen LogP contribution is -2.24. The molecule has 1 unspecified atom stereocenters. The summed E-state index contributed by atoms with van der Waals surface area (Å²) in [4.78, 5) is 21.2. The van der Waals surface area contributed by atoms with E-state index in [9.17, 15) is 9.59 Å². The third kappa shape index (κ3) is 5.57. The molecule has 0 aromatic heterocycles. The van der Waals surface area contributed by atoms with Gasteiger partial charge < -0.3 is 14.2 Å². The first-order valence-corrected chi connectivity index (χ1v) is 6.84. The lowest BCUT2D eigenvalue weighted by Gasteiger charge is -2.11. The minimum absolute atomic E-state index is 0.173. The van der Waals surface area contributed by atoms with Crippen LogP contribution in [0.25, 0.3) is 0 Å². The van der Waals surface area contributed by atoms with E-state index >= 15 is 0 Å². The number of epoxide rings is 1. The second-order valence-electron chi connectivity index (χ2n) is 4.74. The summed E-state index contributed by atoms with van der Waals surface area (Å²) in [7, 11) is 0. The predicted molar refractivity (Wildman–Crippen MR) is 74.1 cm³/mol. The summed E-state index contributed by atoms with van der Waals surface area (Å²) in [6.07, 6.45) is 6.41. The Morgan fingerprint density at radius 2 is 1.90 bits per heavy atom. The zero-order chi connectivity index (χ0) is 15.0. The second-order valence-corrected chi connectivity index (χ2v) is 4.74. The number of carbonyl (C=O) groups is 2. The first-order valence-electron chi connectivity index (χ1n) is 6.84. The van der Waals surface area contributed by atoms with Crippen LogP contribution < -0.4 is 0 Å². The van der Waals surface area contributed by atoms with Gasteiger partial charge in [-0.15, -0.1) is 0 Å². The van der Waals surface area contributed by atoms with Crippen molar-refractivity contribution < 1.29 is 23.8 Å². The summed E-state index contributed by atoms with van der Waals surface area (Å²) in [6, 6.07) is 0. The highest BCUT2D eigenvalue weighted by Crippen LogP contribution is 2.48. The van der Waals surface area contributed by atoms with Crippen LogP contribution in [0, 0.1) is 0 Å². The van der Waals surface area contributed by atoms with Gasteiger partial charge in [-0.3, -0.25) is 0 Å². The minimum Gasteiger partial charge on any atom is -0.463 e. The van der Waals surface area contributed by atoms with Crippen LogP contribution in [0.3, 0.4) is 0 Å². The van der Waals surface area contributed by atoms with Gasteiger partial charge in [0.1, 0.15) is 11.7 Å². The lowest BCUT2D eigenvalue weighted by molar-refractivity contribution is -0.146. The normalized spacial score (nSPS) is 20.8. The van der Waals surface area contributed by atoms with E-state index in [4.69, 9.17) is 9.47 Å². The number of carbonyl (C=O) groups excluding carboxylic acids is 2. The maximum absolute atomic E-state index is 10.8. The van der Waals surface area contributed by atoms with Crippen LogP contribution in [-0.2, 0) is 23.8 Å². The smallest absolute Gasteiger partial charge is 0.330 e. The summed E-state index contributed by atoms with van der Waals surface area (Å²) < 4.78 is 14.9. The van der Waals surface area contributed by atoms with Crippen molar-refractivity contribution in [1.82, 2.24) is 0 Å². The fourth-order valence-electron chi connectivity index (χ4n) is 1.58. The fourth-order valence-corrected chi connectivity index (χ4v) is 1.58. The average Bonchev–Trinajstić information content (AvgIpc) is 3.32. The molecule has 1 heterocycles. The van der Waals surface area contributed by atoms with Crippen LogP contribution in [0.2, 0.25) is 0 Å². The van der Waals surface area contributed by atoms with E-state index in [-0.39, 0.29) is 23.6 Å². The average molecular weight is 282 g/mol.